The van der Waals surface area contributed by atoms with E-state index in [1.165, 1.54) is 12.1 Å². The lowest BCUT2D eigenvalue weighted by atomic mass is 10.2. The van der Waals surface area contributed by atoms with Gasteiger partial charge in [0.1, 0.15) is 6.42 Å². The summed E-state index contributed by atoms with van der Waals surface area (Å²) in [6.07, 6.45) is -4.91. The average Bonchev–Trinajstić information content (AvgIpc) is 2.26. The van der Waals surface area contributed by atoms with E-state index in [4.69, 9.17) is 0 Å². The molecular weight excluding hydrogens is 273 g/mol. The van der Waals surface area contributed by atoms with E-state index in [9.17, 15) is 22.8 Å². The number of carbonyl (C=O) groups is 2. The molecule has 1 aromatic carbocycles. The molecule has 0 saturated carbocycles. The highest BCUT2D eigenvalue weighted by Gasteiger charge is 2.30. The summed E-state index contributed by atoms with van der Waals surface area (Å²) in [4.78, 5) is 22.8. The van der Waals surface area contributed by atoms with Crippen LogP contribution in [-0.4, -0.2) is 17.9 Å². The van der Waals surface area contributed by atoms with Crippen molar-refractivity contribution >= 4 is 17.5 Å². The second kappa shape index (κ2) is 6.40. The molecule has 2 amide bonds. The smallest absolute Gasteiger partial charge is 0.353 e. The van der Waals surface area contributed by atoms with Crippen LogP contribution in [0.15, 0.2) is 24.3 Å². The third-order valence-corrected chi connectivity index (χ3v) is 2.24. The Labute approximate surface area is 114 Å². The van der Waals surface area contributed by atoms with Gasteiger partial charge in [-0.3, -0.25) is 9.59 Å². The van der Waals surface area contributed by atoms with Gasteiger partial charge in [-0.2, -0.15) is 13.2 Å². The number of nitrogens with one attached hydrogen (secondary N) is 2. The molecule has 0 heterocycles. The fourth-order valence-electron chi connectivity index (χ4n) is 1.50. The minimum atomic E-state index is -4.48. The maximum Gasteiger partial charge on any atom is 0.416 e. The van der Waals surface area contributed by atoms with Crippen molar-refractivity contribution < 1.29 is 22.8 Å². The number of hydrogen-bond donors (Lipinski definition) is 2. The molecule has 0 saturated heterocycles. The normalized spacial score (nSPS) is 11.3. The van der Waals surface area contributed by atoms with Gasteiger partial charge in [-0.1, -0.05) is 6.07 Å². The minimum Gasteiger partial charge on any atom is -0.353 e. The largest absolute Gasteiger partial charge is 0.416 e. The van der Waals surface area contributed by atoms with Gasteiger partial charge in [0.2, 0.25) is 11.8 Å². The van der Waals surface area contributed by atoms with Gasteiger partial charge in [-0.05, 0) is 32.0 Å². The van der Waals surface area contributed by atoms with Crippen LogP contribution in [0.5, 0.6) is 0 Å². The van der Waals surface area contributed by atoms with Crippen molar-refractivity contribution in [3.63, 3.8) is 0 Å². The number of rotatable bonds is 4. The van der Waals surface area contributed by atoms with E-state index in [1.54, 1.807) is 13.8 Å². The monoisotopic (exact) mass is 288 g/mol. The summed E-state index contributed by atoms with van der Waals surface area (Å²) in [6, 6.07) is 4.13. The molecular formula is C13H15F3N2O2. The lowest BCUT2D eigenvalue weighted by molar-refractivity contribution is -0.137. The van der Waals surface area contributed by atoms with Crippen molar-refractivity contribution in [3.8, 4) is 0 Å². The van der Waals surface area contributed by atoms with Crippen LogP contribution >= 0.6 is 0 Å². The molecule has 0 unspecified atom stereocenters. The summed E-state index contributed by atoms with van der Waals surface area (Å²) in [7, 11) is 0. The van der Waals surface area contributed by atoms with Crippen LogP contribution in [0.4, 0.5) is 18.9 Å². The van der Waals surface area contributed by atoms with Crippen molar-refractivity contribution in [1.29, 1.82) is 0 Å². The van der Waals surface area contributed by atoms with Crippen LogP contribution in [0, 0.1) is 0 Å². The number of alkyl halides is 3. The van der Waals surface area contributed by atoms with Crippen LogP contribution < -0.4 is 10.6 Å². The fraction of sp³-hybridized carbons (Fsp3) is 0.385. The molecule has 0 bridgehead atoms. The second-order valence-corrected chi connectivity index (χ2v) is 4.53. The molecule has 0 aliphatic rings. The van der Waals surface area contributed by atoms with Gasteiger partial charge in [0.25, 0.3) is 0 Å². The molecule has 0 aliphatic heterocycles. The van der Waals surface area contributed by atoms with Crippen molar-refractivity contribution in [2.45, 2.75) is 32.5 Å². The zero-order chi connectivity index (χ0) is 15.3. The molecule has 20 heavy (non-hydrogen) atoms. The zero-order valence-electron chi connectivity index (χ0n) is 11.0. The Kier molecular flexibility index (Phi) is 5.12. The van der Waals surface area contributed by atoms with Crippen molar-refractivity contribution in [1.82, 2.24) is 5.32 Å². The summed E-state index contributed by atoms with van der Waals surface area (Å²) in [5, 5.41) is 4.77. The average molecular weight is 288 g/mol. The van der Waals surface area contributed by atoms with E-state index < -0.39 is 30.0 Å². The molecule has 0 atom stereocenters. The lowest BCUT2D eigenvalue weighted by Crippen LogP contribution is -2.33. The van der Waals surface area contributed by atoms with Crippen LogP contribution in [-0.2, 0) is 15.8 Å². The molecule has 110 valence electrons. The number of hydrogen-bond acceptors (Lipinski definition) is 2. The number of amides is 2. The van der Waals surface area contributed by atoms with Gasteiger partial charge in [0, 0.05) is 11.7 Å². The molecule has 7 heteroatoms. The molecule has 0 radical (unpaired) electrons. The SMILES string of the molecule is CC(C)NC(=O)CC(=O)Nc1cccc(C(F)(F)F)c1. The first-order valence-electron chi connectivity index (χ1n) is 5.95. The van der Waals surface area contributed by atoms with Gasteiger partial charge in [0.15, 0.2) is 0 Å². The second-order valence-electron chi connectivity index (χ2n) is 4.53. The predicted molar refractivity (Wildman–Crippen MR) is 68.0 cm³/mol. The van der Waals surface area contributed by atoms with Gasteiger partial charge in [-0.25, -0.2) is 0 Å². The zero-order valence-corrected chi connectivity index (χ0v) is 11.0. The molecule has 4 nitrogen and oxygen atoms in total. The van der Waals surface area contributed by atoms with Crippen LogP contribution in [0.2, 0.25) is 0 Å². The number of benzene rings is 1. The first kappa shape index (κ1) is 16.0. The summed E-state index contributed by atoms with van der Waals surface area (Å²) in [5.74, 6) is -1.15. The minimum absolute atomic E-state index is 0.00201. The number of anilines is 1. The standard InChI is InChI=1S/C13H15F3N2O2/c1-8(2)17-11(19)7-12(20)18-10-5-3-4-9(6-10)13(14,15)16/h3-6,8H,7H2,1-2H3,(H,17,19)(H,18,20). The molecule has 0 aliphatic carbocycles. The van der Waals surface area contributed by atoms with E-state index in [0.29, 0.717) is 0 Å². The van der Waals surface area contributed by atoms with Gasteiger partial charge < -0.3 is 10.6 Å². The topological polar surface area (TPSA) is 58.2 Å². The quantitative estimate of drug-likeness (QED) is 0.837. The lowest BCUT2D eigenvalue weighted by Gasteiger charge is -2.11. The fourth-order valence-corrected chi connectivity index (χ4v) is 1.50. The molecule has 1 aromatic rings. The van der Waals surface area contributed by atoms with E-state index in [1.807, 2.05) is 0 Å². The van der Waals surface area contributed by atoms with Crippen molar-refractivity contribution in [3.05, 3.63) is 29.8 Å². The Bertz CT molecular complexity index is 499. The highest BCUT2D eigenvalue weighted by molar-refractivity contribution is 6.03. The molecule has 2 N–H and O–H groups in total. The predicted octanol–water partition coefficient (Wildman–Crippen LogP) is 2.56. The summed E-state index contributed by atoms with van der Waals surface area (Å²) in [6.45, 7) is 3.48. The molecule has 0 fully saturated rings. The number of carbonyl (C=O) groups excluding carboxylic acids is 2. The van der Waals surface area contributed by atoms with E-state index in [2.05, 4.69) is 10.6 Å². The Morgan fingerprint density at radius 3 is 2.40 bits per heavy atom. The van der Waals surface area contributed by atoms with E-state index in [-0.39, 0.29) is 11.7 Å². The first-order valence-corrected chi connectivity index (χ1v) is 5.95. The van der Waals surface area contributed by atoms with Crippen molar-refractivity contribution in [2.75, 3.05) is 5.32 Å². The third-order valence-electron chi connectivity index (χ3n) is 2.24. The van der Waals surface area contributed by atoms with Crippen LogP contribution in [0.25, 0.3) is 0 Å². The Hall–Kier alpha value is -2.05. The third kappa shape index (κ3) is 5.29. The number of halogens is 3. The maximum absolute atomic E-state index is 12.5. The van der Waals surface area contributed by atoms with Gasteiger partial charge >= 0.3 is 6.18 Å². The molecule has 0 aromatic heterocycles. The first-order chi connectivity index (χ1) is 9.18. The van der Waals surface area contributed by atoms with E-state index in [0.717, 1.165) is 12.1 Å². The van der Waals surface area contributed by atoms with Gasteiger partial charge in [0.05, 0.1) is 5.56 Å². The Morgan fingerprint density at radius 1 is 1.20 bits per heavy atom. The Morgan fingerprint density at radius 2 is 1.85 bits per heavy atom. The van der Waals surface area contributed by atoms with Gasteiger partial charge in [-0.15, -0.1) is 0 Å². The van der Waals surface area contributed by atoms with Crippen LogP contribution in [0.3, 0.4) is 0 Å². The Balaban J connectivity index is 2.65. The highest BCUT2D eigenvalue weighted by atomic mass is 19.4. The maximum atomic E-state index is 12.5. The van der Waals surface area contributed by atoms with Crippen molar-refractivity contribution in [2.24, 2.45) is 0 Å². The summed E-state index contributed by atoms with van der Waals surface area (Å²) in [5.41, 5.74) is -0.857. The molecule has 1 rings (SSSR count). The highest BCUT2D eigenvalue weighted by Crippen LogP contribution is 2.30. The van der Waals surface area contributed by atoms with E-state index >= 15 is 0 Å². The summed E-state index contributed by atoms with van der Waals surface area (Å²) >= 11 is 0. The molecule has 0 spiro atoms. The van der Waals surface area contributed by atoms with Crippen LogP contribution in [0.1, 0.15) is 25.8 Å². The summed E-state index contributed by atoms with van der Waals surface area (Å²) < 4.78 is 37.4.